The van der Waals surface area contributed by atoms with Crippen molar-refractivity contribution in [3.63, 3.8) is 0 Å². The van der Waals surface area contributed by atoms with Crippen LogP contribution in [-0.2, 0) is 0 Å². The van der Waals surface area contributed by atoms with Crippen LogP contribution in [0.1, 0.15) is 5.56 Å². The molecule has 0 aliphatic heterocycles. The first-order chi connectivity index (χ1) is 11.8. The standard InChI is InChI=1S/C23H16O/c1-15-8-7-13-19-21-18-12-6-5-11-17(18)14-20(23(21)24-22(15)19)16-9-3-2-4-10-16/h2-14H,1H3. The summed E-state index contributed by atoms with van der Waals surface area (Å²) in [6.45, 7) is 2.11. The van der Waals surface area contributed by atoms with E-state index in [0.29, 0.717) is 0 Å². The zero-order valence-electron chi connectivity index (χ0n) is 13.4. The number of furan rings is 1. The lowest BCUT2D eigenvalue weighted by Crippen LogP contribution is -1.81. The van der Waals surface area contributed by atoms with Crippen molar-refractivity contribution in [1.29, 1.82) is 0 Å². The zero-order valence-corrected chi connectivity index (χ0v) is 13.4. The van der Waals surface area contributed by atoms with E-state index >= 15 is 0 Å². The molecule has 0 N–H and O–H groups in total. The van der Waals surface area contributed by atoms with E-state index < -0.39 is 0 Å². The third-order valence-electron chi connectivity index (χ3n) is 4.77. The molecule has 0 amide bonds. The zero-order chi connectivity index (χ0) is 16.1. The van der Waals surface area contributed by atoms with Crippen LogP contribution in [0, 0.1) is 6.92 Å². The van der Waals surface area contributed by atoms with Crippen molar-refractivity contribution < 1.29 is 4.42 Å². The Morgan fingerprint density at radius 1 is 0.667 bits per heavy atom. The molecule has 0 bridgehead atoms. The van der Waals surface area contributed by atoms with E-state index in [1.54, 1.807) is 0 Å². The smallest absolute Gasteiger partial charge is 0.143 e. The highest BCUT2D eigenvalue weighted by Crippen LogP contribution is 2.41. The normalized spacial score (nSPS) is 11.5. The third-order valence-corrected chi connectivity index (χ3v) is 4.77. The molecule has 0 saturated heterocycles. The molecule has 4 aromatic carbocycles. The third kappa shape index (κ3) is 1.82. The van der Waals surface area contributed by atoms with Gasteiger partial charge in [-0.25, -0.2) is 0 Å². The summed E-state index contributed by atoms with van der Waals surface area (Å²) in [5, 5.41) is 4.90. The molecule has 1 heteroatoms. The van der Waals surface area contributed by atoms with Gasteiger partial charge in [-0.1, -0.05) is 72.8 Å². The number of fused-ring (bicyclic) bond motifs is 5. The minimum atomic E-state index is 0.976. The van der Waals surface area contributed by atoms with Crippen LogP contribution >= 0.6 is 0 Å². The van der Waals surface area contributed by atoms with Crippen molar-refractivity contribution in [2.75, 3.05) is 0 Å². The van der Waals surface area contributed by atoms with E-state index in [1.165, 1.54) is 32.7 Å². The number of hydrogen-bond donors (Lipinski definition) is 0. The summed E-state index contributed by atoms with van der Waals surface area (Å²) in [7, 11) is 0. The average molecular weight is 308 g/mol. The molecule has 0 unspecified atom stereocenters. The Balaban J connectivity index is 2.06. The van der Waals surface area contributed by atoms with E-state index in [2.05, 4.69) is 79.7 Å². The quantitative estimate of drug-likeness (QED) is 0.335. The molecule has 0 saturated carbocycles. The van der Waals surface area contributed by atoms with Crippen molar-refractivity contribution in [1.82, 2.24) is 0 Å². The summed E-state index contributed by atoms with van der Waals surface area (Å²) in [4.78, 5) is 0. The predicted molar refractivity (Wildman–Crippen MR) is 101 cm³/mol. The van der Waals surface area contributed by atoms with Crippen LogP contribution in [0.25, 0.3) is 43.8 Å². The van der Waals surface area contributed by atoms with Gasteiger partial charge >= 0.3 is 0 Å². The molecule has 1 nitrogen and oxygen atoms in total. The fraction of sp³-hybridized carbons (Fsp3) is 0.0435. The van der Waals surface area contributed by atoms with Gasteiger partial charge in [-0.05, 0) is 34.9 Å². The van der Waals surface area contributed by atoms with Gasteiger partial charge in [-0.3, -0.25) is 0 Å². The largest absolute Gasteiger partial charge is 0.455 e. The summed E-state index contributed by atoms with van der Waals surface area (Å²) in [5.41, 5.74) is 5.47. The second kappa shape index (κ2) is 4.97. The van der Waals surface area contributed by atoms with E-state index in [4.69, 9.17) is 4.42 Å². The second-order valence-corrected chi connectivity index (χ2v) is 6.27. The Labute approximate surface area is 140 Å². The lowest BCUT2D eigenvalue weighted by molar-refractivity contribution is 0.667. The van der Waals surface area contributed by atoms with Gasteiger partial charge in [0, 0.05) is 16.3 Å². The lowest BCUT2D eigenvalue weighted by Gasteiger charge is -2.06. The van der Waals surface area contributed by atoms with Crippen LogP contribution < -0.4 is 0 Å². The van der Waals surface area contributed by atoms with Crippen molar-refractivity contribution in [2.24, 2.45) is 0 Å². The maximum atomic E-state index is 6.38. The number of rotatable bonds is 1. The highest BCUT2D eigenvalue weighted by atomic mass is 16.3. The SMILES string of the molecule is Cc1cccc2c1oc1c(-c3ccccc3)cc3ccccc3c12. The van der Waals surface area contributed by atoms with Gasteiger partial charge in [0.25, 0.3) is 0 Å². The number of benzene rings is 4. The molecular weight excluding hydrogens is 292 g/mol. The monoisotopic (exact) mass is 308 g/mol. The van der Waals surface area contributed by atoms with Crippen LogP contribution in [0.3, 0.4) is 0 Å². The fourth-order valence-electron chi connectivity index (χ4n) is 3.62. The summed E-state index contributed by atoms with van der Waals surface area (Å²) in [6, 6.07) is 27.6. The first-order valence-corrected chi connectivity index (χ1v) is 8.22. The highest BCUT2D eigenvalue weighted by molar-refractivity contribution is 6.22. The Kier molecular flexibility index (Phi) is 2.77. The van der Waals surface area contributed by atoms with Crippen molar-refractivity contribution in [3.8, 4) is 11.1 Å². The summed E-state index contributed by atoms with van der Waals surface area (Å²) < 4.78 is 6.38. The van der Waals surface area contributed by atoms with Crippen LogP contribution in [0.2, 0.25) is 0 Å². The first-order valence-electron chi connectivity index (χ1n) is 8.22. The molecule has 1 heterocycles. The molecule has 0 aliphatic rings. The minimum Gasteiger partial charge on any atom is -0.455 e. The van der Waals surface area contributed by atoms with E-state index in [1.807, 2.05) is 6.07 Å². The van der Waals surface area contributed by atoms with Gasteiger partial charge in [0.15, 0.2) is 0 Å². The molecule has 0 aliphatic carbocycles. The molecule has 24 heavy (non-hydrogen) atoms. The molecule has 0 spiro atoms. The molecular formula is C23H16O. The van der Waals surface area contributed by atoms with Gasteiger partial charge in [-0.15, -0.1) is 0 Å². The van der Waals surface area contributed by atoms with Gasteiger partial charge in [0.2, 0.25) is 0 Å². The maximum absolute atomic E-state index is 6.38. The summed E-state index contributed by atoms with van der Waals surface area (Å²) >= 11 is 0. The van der Waals surface area contributed by atoms with Crippen LogP contribution in [-0.4, -0.2) is 0 Å². The number of para-hydroxylation sites is 1. The van der Waals surface area contributed by atoms with Crippen LogP contribution in [0.4, 0.5) is 0 Å². The fourth-order valence-corrected chi connectivity index (χ4v) is 3.62. The predicted octanol–water partition coefficient (Wildman–Crippen LogP) is 6.71. The Morgan fingerprint density at radius 2 is 1.42 bits per heavy atom. The van der Waals surface area contributed by atoms with Gasteiger partial charge in [0.1, 0.15) is 11.2 Å². The summed E-state index contributed by atoms with van der Waals surface area (Å²) in [5.74, 6) is 0. The molecule has 5 rings (SSSR count). The Hall–Kier alpha value is -3.06. The number of aryl methyl sites for hydroxylation is 1. The van der Waals surface area contributed by atoms with Crippen LogP contribution in [0.15, 0.2) is 83.3 Å². The maximum Gasteiger partial charge on any atom is 0.143 e. The van der Waals surface area contributed by atoms with Crippen molar-refractivity contribution in [2.45, 2.75) is 6.92 Å². The van der Waals surface area contributed by atoms with Gasteiger partial charge in [0.05, 0.1) is 0 Å². The highest BCUT2D eigenvalue weighted by Gasteiger charge is 2.16. The van der Waals surface area contributed by atoms with E-state index in [0.717, 1.165) is 16.7 Å². The average Bonchev–Trinajstić information content (AvgIpc) is 3.03. The summed E-state index contributed by atoms with van der Waals surface area (Å²) in [6.07, 6.45) is 0. The van der Waals surface area contributed by atoms with Crippen molar-refractivity contribution >= 4 is 32.7 Å². The van der Waals surface area contributed by atoms with E-state index in [-0.39, 0.29) is 0 Å². The van der Waals surface area contributed by atoms with Gasteiger partial charge in [-0.2, -0.15) is 0 Å². The second-order valence-electron chi connectivity index (χ2n) is 6.27. The van der Waals surface area contributed by atoms with E-state index in [9.17, 15) is 0 Å². The Morgan fingerprint density at radius 3 is 2.29 bits per heavy atom. The Bertz CT molecular complexity index is 1200. The van der Waals surface area contributed by atoms with Crippen LogP contribution in [0.5, 0.6) is 0 Å². The lowest BCUT2D eigenvalue weighted by atomic mass is 9.96. The molecule has 0 atom stereocenters. The molecule has 0 fully saturated rings. The minimum absolute atomic E-state index is 0.976. The van der Waals surface area contributed by atoms with Crippen molar-refractivity contribution in [3.05, 3.63) is 84.4 Å². The van der Waals surface area contributed by atoms with Gasteiger partial charge < -0.3 is 4.42 Å². The number of hydrogen-bond acceptors (Lipinski definition) is 1. The molecule has 114 valence electrons. The molecule has 5 aromatic rings. The first kappa shape index (κ1) is 13.4. The molecule has 0 radical (unpaired) electrons. The molecule has 1 aromatic heterocycles. The topological polar surface area (TPSA) is 13.1 Å².